The number of rotatable bonds is 3. The van der Waals surface area contributed by atoms with Crippen LogP contribution in [0.3, 0.4) is 0 Å². The molecular formula is C38H20N2O2. The number of nitriles is 2. The molecule has 0 atom stereocenters. The fourth-order valence-corrected chi connectivity index (χ4v) is 6.05. The van der Waals surface area contributed by atoms with Crippen LogP contribution in [-0.2, 0) is 0 Å². The third-order valence-electron chi connectivity index (χ3n) is 7.99. The molecule has 0 radical (unpaired) electrons. The fourth-order valence-electron chi connectivity index (χ4n) is 6.05. The van der Waals surface area contributed by atoms with Crippen LogP contribution in [0.15, 0.2) is 130 Å². The first-order valence-electron chi connectivity index (χ1n) is 13.6. The molecule has 0 N–H and O–H groups in total. The molecule has 0 amide bonds. The molecule has 0 saturated carbocycles. The second-order valence-corrected chi connectivity index (χ2v) is 10.3. The van der Waals surface area contributed by atoms with Crippen molar-refractivity contribution in [3.63, 3.8) is 0 Å². The van der Waals surface area contributed by atoms with Crippen LogP contribution >= 0.6 is 0 Å². The van der Waals surface area contributed by atoms with Crippen molar-refractivity contribution >= 4 is 43.9 Å². The Morgan fingerprint density at radius 1 is 0.405 bits per heavy atom. The maximum absolute atomic E-state index is 10.6. The Morgan fingerprint density at radius 2 is 0.929 bits per heavy atom. The summed E-state index contributed by atoms with van der Waals surface area (Å²) in [4.78, 5) is 0. The van der Waals surface area contributed by atoms with Crippen molar-refractivity contribution in [2.24, 2.45) is 0 Å². The van der Waals surface area contributed by atoms with Gasteiger partial charge in [-0.25, -0.2) is 0 Å². The third-order valence-corrected chi connectivity index (χ3v) is 7.99. The van der Waals surface area contributed by atoms with E-state index in [1.54, 1.807) is 0 Å². The SMILES string of the molecule is N#Cc1c(-c2ccc3c(c2)oc2ccccc23)cc(-c2ccc3oc4ccccc4c3c2)c(C#N)c1-c1ccccc1. The van der Waals surface area contributed by atoms with Crippen LogP contribution < -0.4 is 0 Å². The van der Waals surface area contributed by atoms with Gasteiger partial charge in [-0.1, -0.05) is 78.9 Å². The number of para-hydroxylation sites is 2. The molecule has 194 valence electrons. The van der Waals surface area contributed by atoms with E-state index in [1.165, 1.54) is 0 Å². The van der Waals surface area contributed by atoms with Gasteiger partial charge in [-0.05, 0) is 59.2 Å². The normalized spacial score (nSPS) is 11.3. The average molecular weight is 537 g/mol. The Balaban J connectivity index is 1.45. The monoisotopic (exact) mass is 536 g/mol. The summed E-state index contributed by atoms with van der Waals surface area (Å²) >= 11 is 0. The minimum Gasteiger partial charge on any atom is -0.456 e. The highest BCUT2D eigenvalue weighted by molar-refractivity contribution is 6.08. The molecule has 4 heteroatoms. The summed E-state index contributed by atoms with van der Waals surface area (Å²) in [5.74, 6) is 0. The summed E-state index contributed by atoms with van der Waals surface area (Å²) in [5, 5.41) is 25.2. The molecule has 0 aliphatic heterocycles. The first-order valence-corrected chi connectivity index (χ1v) is 13.6. The maximum Gasteiger partial charge on any atom is 0.136 e. The summed E-state index contributed by atoms with van der Waals surface area (Å²) in [6.07, 6.45) is 0. The highest BCUT2D eigenvalue weighted by atomic mass is 16.3. The Hall–Kier alpha value is -6.10. The largest absolute Gasteiger partial charge is 0.456 e. The van der Waals surface area contributed by atoms with Crippen molar-refractivity contribution in [2.75, 3.05) is 0 Å². The van der Waals surface area contributed by atoms with Crippen LogP contribution in [-0.4, -0.2) is 0 Å². The van der Waals surface area contributed by atoms with Gasteiger partial charge in [-0.2, -0.15) is 10.5 Å². The molecule has 0 aliphatic carbocycles. The second kappa shape index (κ2) is 9.24. The van der Waals surface area contributed by atoms with E-state index in [2.05, 4.69) is 18.2 Å². The lowest BCUT2D eigenvalue weighted by Crippen LogP contribution is -1.98. The summed E-state index contributed by atoms with van der Waals surface area (Å²) < 4.78 is 12.3. The van der Waals surface area contributed by atoms with Gasteiger partial charge >= 0.3 is 0 Å². The molecule has 0 fully saturated rings. The van der Waals surface area contributed by atoms with Gasteiger partial charge in [-0.15, -0.1) is 0 Å². The van der Waals surface area contributed by atoms with Crippen molar-refractivity contribution < 1.29 is 8.83 Å². The number of fused-ring (bicyclic) bond motifs is 6. The minimum absolute atomic E-state index is 0.451. The molecule has 42 heavy (non-hydrogen) atoms. The Labute approximate surface area is 240 Å². The van der Waals surface area contributed by atoms with E-state index in [-0.39, 0.29) is 0 Å². The van der Waals surface area contributed by atoms with Crippen LogP contribution in [0.5, 0.6) is 0 Å². The summed E-state index contributed by atoms with van der Waals surface area (Å²) in [6.45, 7) is 0. The number of hydrogen-bond donors (Lipinski definition) is 0. The average Bonchev–Trinajstić information content (AvgIpc) is 3.61. The van der Waals surface area contributed by atoms with Crippen LogP contribution in [0.2, 0.25) is 0 Å². The number of nitrogens with zero attached hydrogens (tertiary/aromatic N) is 2. The predicted octanol–water partition coefficient (Wildman–Crippen LogP) is 10.2. The Morgan fingerprint density at radius 3 is 1.62 bits per heavy atom. The second-order valence-electron chi connectivity index (χ2n) is 10.3. The van der Waals surface area contributed by atoms with E-state index in [4.69, 9.17) is 8.83 Å². The van der Waals surface area contributed by atoms with Crippen molar-refractivity contribution in [3.05, 3.63) is 132 Å². The lowest BCUT2D eigenvalue weighted by Gasteiger charge is -2.17. The van der Waals surface area contributed by atoms with Crippen molar-refractivity contribution in [2.45, 2.75) is 0 Å². The predicted molar refractivity (Wildman–Crippen MR) is 167 cm³/mol. The van der Waals surface area contributed by atoms with E-state index < -0.39 is 0 Å². The summed E-state index contributed by atoms with van der Waals surface area (Å²) in [7, 11) is 0. The zero-order valence-corrected chi connectivity index (χ0v) is 22.3. The Kier molecular flexibility index (Phi) is 5.22. The van der Waals surface area contributed by atoms with Gasteiger partial charge in [0.05, 0.1) is 11.1 Å². The van der Waals surface area contributed by atoms with Gasteiger partial charge in [0.1, 0.15) is 34.5 Å². The van der Waals surface area contributed by atoms with Crippen LogP contribution in [0.1, 0.15) is 11.1 Å². The van der Waals surface area contributed by atoms with Gasteiger partial charge in [0.15, 0.2) is 0 Å². The van der Waals surface area contributed by atoms with E-state index in [0.717, 1.165) is 71.7 Å². The molecule has 8 rings (SSSR count). The molecule has 0 saturated heterocycles. The maximum atomic E-state index is 10.6. The smallest absolute Gasteiger partial charge is 0.136 e. The molecule has 0 spiro atoms. The first-order chi connectivity index (χ1) is 20.7. The topological polar surface area (TPSA) is 73.9 Å². The van der Waals surface area contributed by atoms with E-state index in [9.17, 15) is 10.5 Å². The molecule has 0 unspecified atom stereocenters. The van der Waals surface area contributed by atoms with Gasteiger partial charge in [0.25, 0.3) is 0 Å². The van der Waals surface area contributed by atoms with E-state index in [0.29, 0.717) is 16.7 Å². The van der Waals surface area contributed by atoms with Crippen molar-refractivity contribution in [1.29, 1.82) is 10.5 Å². The zero-order valence-electron chi connectivity index (χ0n) is 22.3. The summed E-state index contributed by atoms with van der Waals surface area (Å²) in [6, 6.07) is 44.5. The third kappa shape index (κ3) is 3.53. The van der Waals surface area contributed by atoms with E-state index >= 15 is 0 Å². The van der Waals surface area contributed by atoms with E-state index in [1.807, 2.05) is 115 Å². The fraction of sp³-hybridized carbons (Fsp3) is 0. The molecule has 0 bridgehead atoms. The zero-order chi connectivity index (χ0) is 28.2. The Bertz CT molecular complexity index is 2430. The number of furan rings is 2. The van der Waals surface area contributed by atoms with Crippen LogP contribution in [0, 0.1) is 22.7 Å². The van der Waals surface area contributed by atoms with Gasteiger partial charge in [0, 0.05) is 38.2 Å². The van der Waals surface area contributed by atoms with Gasteiger partial charge in [-0.3, -0.25) is 0 Å². The molecule has 2 aromatic heterocycles. The molecule has 8 aromatic rings. The number of hydrogen-bond acceptors (Lipinski definition) is 4. The highest BCUT2D eigenvalue weighted by Crippen LogP contribution is 2.43. The van der Waals surface area contributed by atoms with Crippen LogP contribution in [0.4, 0.5) is 0 Å². The van der Waals surface area contributed by atoms with Crippen LogP contribution in [0.25, 0.3) is 77.3 Å². The van der Waals surface area contributed by atoms with Gasteiger partial charge < -0.3 is 8.83 Å². The number of benzene rings is 6. The minimum atomic E-state index is 0.451. The molecule has 2 heterocycles. The van der Waals surface area contributed by atoms with Crippen molar-refractivity contribution in [3.8, 4) is 45.5 Å². The molecule has 4 nitrogen and oxygen atoms in total. The molecule has 0 aliphatic rings. The van der Waals surface area contributed by atoms with Gasteiger partial charge in [0.2, 0.25) is 0 Å². The molecule has 6 aromatic carbocycles. The lowest BCUT2D eigenvalue weighted by atomic mass is 9.84. The highest BCUT2D eigenvalue weighted by Gasteiger charge is 2.23. The summed E-state index contributed by atoms with van der Waals surface area (Å²) in [5.41, 5.74) is 8.71. The molecular weight excluding hydrogens is 516 g/mol. The first kappa shape index (κ1) is 23.8. The standard InChI is InChI=1S/C38H20N2O2/c39-21-32-29(24-15-17-36-31(18-24)27-11-5-7-13-35(27)41-36)20-30(33(22-40)38(32)23-8-2-1-3-9-23)25-14-16-28-26-10-4-6-12-34(26)42-37(28)19-25/h1-20H. The van der Waals surface area contributed by atoms with Crippen molar-refractivity contribution in [1.82, 2.24) is 0 Å². The lowest BCUT2D eigenvalue weighted by molar-refractivity contribution is 0.668. The quantitative estimate of drug-likeness (QED) is 0.225.